The number of hydrogen-bond acceptors (Lipinski definition) is 4. The molecule has 5 nitrogen and oxygen atoms in total. The molecule has 1 aromatic heterocycles. The van der Waals surface area contributed by atoms with Crippen LogP contribution in [0.15, 0.2) is 29.4 Å². The molecule has 1 amide bonds. The summed E-state index contributed by atoms with van der Waals surface area (Å²) in [6, 6.07) is 8.62. The zero-order valence-electron chi connectivity index (χ0n) is 14.3. The van der Waals surface area contributed by atoms with Gasteiger partial charge >= 0.3 is 0 Å². The van der Waals surface area contributed by atoms with Crippen LogP contribution in [0.4, 0.5) is 0 Å². The van der Waals surface area contributed by atoms with Crippen molar-refractivity contribution < 1.29 is 4.79 Å². The first-order valence-corrected chi connectivity index (χ1v) is 9.58. The minimum absolute atomic E-state index is 0.0923. The highest BCUT2D eigenvalue weighted by atomic mass is 32.2. The number of nitrogens with one attached hydrogen (secondary N) is 1. The Morgan fingerprint density at radius 1 is 1.33 bits per heavy atom. The molecular formula is C18H24N4OS. The Morgan fingerprint density at radius 3 is 2.83 bits per heavy atom. The van der Waals surface area contributed by atoms with Crippen LogP contribution in [-0.4, -0.2) is 32.5 Å². The van der Waals surface area contributed by atoms with Crippen molar-refractivity contribution in [1.82, 2.24) is 20.1 Å². The number of benzene rings is 1. The molecule has 0 radical (unpaired) electrons. The summed E-state index contributed by atoms with van der Waals surface area (Å²) in [6.45, 7) is 4.92. The summed E-state index contributed by atoms with van der Waals surface area (Å²) in [5.41, 5.74) is 2.26. The van der Waals surface area contributed by atoms with E-state index in [-0.39, 0.29) is 5.91 Å². The minimum atomic E-state index is 0.0923. The molecule has 0 unspecified atom stereocenters. The number of rotatable bonds is 6. The van der Waals surface area contributed by atoms with E-state index in [1.807, 2.05) is 12.1 Å². The summed E-state index contributed by atoms with van der Waals surface area (Å²) in [6.07, 6.45) is 4.67. The van der Waals surface area contributed by atoms with Gasteiger partial charge in [0.25, 0.3) is 0 Å². The molecule has 0 bridgehead atoms. The van der Waals surface area contributed by atoms with Gasteiger partial charge in [0, 0.05) is 18.2 Å². The third-order valence-corrected chi connectivity index (χ3v) is 5.33. The van der Waals surface area contributed by atoms with Crippen LogP contribution in [0, 0.1) is 6.92 Å². The maximum absolute atomic E-state index is 12.1. The minimum Gasteiger partial charge on any atom is -0.353 e. The number of carbonyl (C=O) groups excluding carboxylic acids is 1. The lowest BCUT2D eigenvalue weighted by atomic mass is 10.1. The summed E-state index contributed by atoms with van der Waals surface area (Å²) in [4.78, 5) is 12.1. The van der Waals surface area contributed by atoms with Crippen LogP contribution >= 0.6 is 11.8 Å². The van der Waals surface area contributed by atoms with E-state index in [4.69, 9.17) is 0 Å². The van der Waals surface area contributed by atoms with Gasteiger partial charge in [0.05, 0.1) is 5.75 Å². The molecule has 0 atom stereocenters. The van der Waals surface area contributed by atoms with Crippen molar-refractivity contribution in [3.05, 3.63) is 29.8 Å². The fraction of sp³-hybridized carbons (Fsp3) is 0.500. The standard InChI is InChI=1S/C18H24N4OS/c1-3-22-17(14-8-6-7-13(2)11-14)20-21-18(22)24-12-16(23)19-15-9-4-5-10-15/h6-8,11,15H,3-5,9-10,12H2,1-2H3,(H,19,23). The molecule has 2 aromatic rings. The Morgan fingerprint density at radius 2 is 2.12 bits per heavy atom. The van der Waals surface area contributed by atoms with E-state index in [0.29, 0.717) is 11.8 Å². The molecule has 1 aliphatic carbocycles. The molecule has 1 fully saturated rings. The van der Waals surface area contributed by atoms with Gasteiger partial charge in [-0.2, -0.15) is 0 Å². The summed E-state index contributed by atoms with van der Waals surface area (Å²) >= 11 is 1.46. The highest BCUT2D eigenvalue weighted by Gasteiger charge is 2.18. The molecule has 1 N–H and O–H groups in total. The quantitative estimate of drug-likeness (QED) is 0.816. The second-order valence-corrected chi connectivity index (χ2v) is 7.20. The van der Waals surface area contributed by atoms with Crippen LogP contribution in [0.3, 0.4) is 0 Å². The fourth-order valence-electron chi connectivity index (χ4n) is 3.15. The fourth-order valence-corrected chi connectivity index (χ4v) is 3.96. The predicted molar refractivity (Wildman–Crippen MR) is 97.0 cm³/mol. The number of amides is 1. The Labute approximate surface area is 147 Å². The van der Waals surface area contributed by atoms with Crippen LogP contribution in [0.25, 0.3) is 11.4 Å². The molecule has 1 heterocycles. The number of hydrogen-bond donors (Lipinski definition) is 1. The summed E-state index contributed by atoms with van der Waals surface area (Å²) in [5.74, 6) is 1.34. The summed E-state index contributed by atoms with van der Waals surface area (Å²) < 4.78 is 2.07. The predicted octanol–water partition coefficient (Wildman–Crippen LogP) is 3.42. The summed E-state index contributed by atoms with van der Waals surface area (Å²) in [5, 5.41) is 12.5. The van der Waals surface area contributed by atoms with Crippen molar-refractivity contribution in [3.63, 3.8) is 0 Å². The van der Waals surface area contributed by atoms with Gasteiger partial charge < -0.3 is 9.88 Å². The van der Waals surface area contributed by atoms with Gasteiger partial charge in [-0.05, 0) is 32.8 Å². The average molecular weight is 344 g/mol. The van der Waals surface area contributed by atoms with E-state index in [9.17, 15) is 4.79 Å². The first-order chi connectivity index (χ1) is 11.7. The maximum Gasteiger partial charge on any atom is 0.230 e. The second kappa shape index (κ2) is 7.83. The van der Waals surface area contributed by atoms with Gasteiger partial charge in [0.1, 0.15) is 0 Å². The number of carbonyl (C=O) groups is 1. The topological polar surface area (TPSA) is 59.8 Å². The van der Waals surface area contributed by atoms with Crippen molar-refractivity contribution in [1.29, 1.82) is 0 Å². The SMILES string of the molecule is CCn1c(SCC(=O)NC2CCCC2)nnc1-c1cccc(C)c1. The van der Waals surface area contributed by atoms with Gasteiger partial charge in [0.2, 0.25) is 5.91 Å². The third-order valence-electron chi connectivity index (χ3n) is 4.36. The molecule has 6 heteroatoms. The normalized spacial score (nSPS) is 14.9. The lowest BCUT2D eigenvalue weighted by Crippen LogP contribution is -2.33. The molecule has 0 spiro atoms. The summed E-state index contributed by atoms with van der Waals surface area (Å²) in [7, 11) is 0. The van der Waals surface area contributed by atoms with Gasteiger partial charge in [-0.3, -0.25) is 4.79 Å². The number of nitrogens with zero attached hydrogens (tertiary/aromatic N) is 3. The lowest BCUT2D eigenvalue weighted by molar-refractivity contribution is -0.119. The molecular weight excluding hydrogens is 320 g/mol. The molecule has 24 heavy (non-hydrogen) atoms. The van der Waals surface area contributed by atoms with Crippen molar-refractivity contribution in [2.24, 2.45) is 0 Å². The first kappa shape index (κ1) is 17.0. The maximum atomic E-state index is 12.1. The zero-order chi connectivity index (χ0) is 16.9. The van der Waals surface area contributed by atoms with Crippen molar-refractivity contribution in [2.75, 3.05) is 5.75 Å². The molecule has 0 saturated heterocycles. The van der Waals surface area contributed by atoms with Crippen LogP contribution in [-0.2, 0) is 11.3 Å². The highest BCUT2D eigenvalue weighted by molar-refractivity contribution is 7.99. The largest absolute Gasteiger partial charge is 0.353 e. The molecule has 0 aliphatic heterocycles. The average Bonchev–Trinajstić information content (AvgIpc) is 3.21. The second-order valence-electron chi connectivity index (χ2n) is 6.26. The highest BCUT2D eigenvalue weighted by Crippen LogP contribution is 2.25. The lowest BCUT2D eigenvalue weighted by Gasteiger charge is -2.11. The number of aryl methyl sites for hydroxylation is 1. The van der Waals surface area contributed by atoms with Crippen LogP contribution in [0.2, 0.25) is 0 Å². The molecule has 1 aliphatic rings. The smallest absolute Gasteiger partial charge is 0.230 e. The van der Waals surface area contributed by atoms with Crippen molar-refractivity contribution in [3.8, 4) is 11.4 Å². The Hall–Kier alpha value is -1.82. The van der Waals surface area contributed by atoms with Gasteiger partial charge in [-0.15, -0.1) is 10.2 Å². The van der Waals surface area contributed by atoms with E-state index < -0.39 is 0 Å². The van der Waals surface area contributed by atoms with E-state index in [0.717, 1.165) is 35.9 Å². The Balaban J connectivity index is 1.66. The van der Waals surface area contributed by atoms with Gasteiger partial charge in [-0.1, -0.05) is 48.4 Å². The van der Waals surface area contributed by atoms with Gasteiger partial charge in [0.15, 0.2) is 11.0 Å². The Bertz CT molecular complexity index is 707. The van der Waals surface area contributed by atoms with E-state index >= 15 is 0 Å². The first-order valence-electron chi connectivity index (χ1n) is 8.59. The zero-order valence-corrected chi connectivity index (χ0v) is 15.1. The number of thioether (sulfide) groups is 1. The number of aromatic nitrogens is 3. The Kier molecular flexibility index (Phi) is 5.56. The molecule has 3 rings (SSSR count). The van der Waals surface area contributed by atoms with Crippen LogP contribution in [0.1, 0.15) is 38.2 Å². The van der Waals surface area contributed by atoms with Crippen molar-refractivity contribution >= 4 is 17.7 Å². The van der Waals surface area contributed by atoms with E-state index in [2.05, 4.69) is 46.1 Å². The van der Waals surface area contributed by atoms with Crippen molar-refractivity contribution in [2.45, 2.75) is 57.3 Å². The monoisotopic (exact) mass is 344 g/mol. The molecule has 1 aromatic carbocycles. The molecule has 1 saturated carbocycles. The third kappa shape index (κ3) is 3.98. The van der Waals surface area contributed by atoms with Crippen LogP contribution < -0.4 is 5.32 Å². The van der Waals surface area contributed by atoms with Crippen LogP contribution in [0.5, 0.6) is 0 Å². The molecule has 128 valence electrons. The van der Waals surface area contributed by atoms with E-state index in [1.54, 1.807) is 0 Å². The van der Waals surface area contributed by atoms with E-state index in [1.165, 1.54) is 30.2 Å². The van der Waals surface area contributed by atoms with Gasteiger partial charge in [-0.25, -0.2) is 0 Å².